The highest BCUT2D eigenvalue weighted by Crippen LogP contribution is 2.50. The van der Waals surface area contributed by atoms with Gasteiger partial charge in [-0.1, -0.05) is 70.4 Å². The van der Waals surface area contributed by atoms with Gasteiger partial charge in [-0.15, -0.1) is 0 Å². The van der Waals surface area contributed by atoms with E-state index in [0.717, 1.165) is 39.2 Å². The number of carbonyl (C=O) groups excluding carboxylic acids is 3. The quantitative estimate of drug-likeness (QED) is 0.0218. The van der Waals surface area contributed by atoms with Gasteiger partial charge in [0.15, 0.2) is 6.04 Å². The van der Waals surface area contributed by atoms with Crippen LogP contribution in [0.25, 0.3) is 0 Å². The average molecular weight is 708 g/mol. The van der Waals surface area contributed by atoms with Crippen LogP contribution in [0.1, 0.15) is 152 Å². The molecule has 0 saturated heterocycles. The van der Waals surface area contributed by atoms with Gasteiger partial charge in [-0.3, -0.25) is 23.3 Å². The molecule has 0 saturated carbocycles. The van der Waals surface area contributed by atoms with E-state index in [4.69, 9.17) is 32.8 Å². The van der Waals surface area contributed by atoms with Crippen molar-refractivity contribution in [1.29, 1.82) is 0 Å². The monoisotopic (exact) mass is 707 g/mol. The second-order valence-electron chi connectivity index (χ2n) is 13.9. The third-order valence-electron chi connectivity index (χ3n) is 6.73. The fourth-order valence-corrected chi connectivity index (χ4v) is 5.38. The highest BCUT2D eigenvalue weighted by atomic mass is 31.2. The molecule has 282 valence electrons. The van der Waals surface area contributed by atoms with Crippen molar-refractivity contribution in [3.05, 3.63) is 12.2 Å². The van der Waals surface area contributed by atoms with E-state index in [1.807, 2.05) is 0 Å². The fraction of sp³-hybridized carbons (Fsp3) is 0.857. The minimum atomic E-state index is -4.18. The summed E-state index contributed by atoms with van der Waals surface area (Å²) < 4.78 is 39.4. The molecule has 0 aliphatic carbocycles. The Bertz CT molecular complexity index is 959. The predicted octanol–water partition coefficient (Wildman–Crippen LogP) is 9.30. The third kappa shape index (κ3) is 26.9. The summed E-state index contributed by atoms with van der Waals surface area (Å²) in [5, 5.41) is 2.36. The largest absolute Gasteiger partial charge is 0.474 e. The number of phosphoric ester groups is 1. The molecule has 0 aliphatic heterocycles. The number of alkyl carbamates (subject to hydrolysis) is 1. The molecule has 0 radical (unpaired) electrons. The predicted molar refractivity (Wildman–Crippen MR) is 186 cm³/mol. The second kappa shape index (κ2) is 25.9. The Morgan fingerprint density at radius 2 is 1.33 bits per heavy atom. The fourth-order valence-electron chi connectivity index (χ4n) is 4.24. The Morgan fingerprint density at radius 1 is 0.771 bits per heavy atom. The number of ether oxygens (including phenoxy) is 2. The van der Waals surface area contributed by atoms with Crippen LogP contribution >= 0.6 is 7.82 Å². The van der Waals surface area contributed by atoms with Gasteiger partial charge in [-0.05, 0) is 80.6 Å². The molecule has 48 heavy (non-hydrogen) atoms. The molecule has 1 N–H and O–H groups in total. The maximum absolute atomic E-state index is 13.1. The number of allylic oxidation sites excluding steroid dienone is 2. The molecular formula is C35H66NO11P. The zero-order valence-corrected chi connectivity index (χ0v) is 32.2. The van der Waals surface area contributed by atoms with Crippen molar-refractivity contribution < 1.29 is 51.8 Å². The van der Waals surface area contributed by atoms with Gasteiger partial charge in [0.1, 0.15) is 11.2 Å². The molecule has 0 aliphatic rings. The molecule has 0 fully saturated rings. The zero-order valence-electron chi connectivity index (χ0n) is 31.3. The topological polar surface area (TPSA) is 145 Å². The maximum atomic E-state index is 13.1. The van der Waals surface area contributed by atoms with Gasteiger partial charge in [0.2, 0.25) is 0 Å². The number of rotatable bonds is 27. The molecule has 0 heterocycles. The summed E-state index contributed by atoms with van der Waals surface area (Å²) in [5.74, 6) is -1.30. The summed E-state index contributed by atoms with van der Waals surface area (Å²) >= 11 is 0. The Kier molecular flexibility index (Phi) is 24.8. The summed E-state index contributed by atoms with van der Waals surface area (Å²) in [6.45, 7) is 13.6. The van der Waals surface area contributed by atoms with Crippen LogP contribution < -0.4 is 5.32 Å². The van der Waals surface area contributed by atoms with Crippen LogP contribution in [0.4, 0.5) is 4.79 Å². The number of nitrogens with one attached hydrogen (secondary N) is 1. The van der Waals surface area contributed by atoms with E-state index in [1.165, 1.54) is 58.3 Å². The van der Waals surface area contributed by atoms with Crippen molar-refractivity contribution in [2.24, 2.45) is 0 Å². The number of phosphoric acid groups is 1. The van der Waals surface area contributed by atoms with Gasteiger partial charge < -0.3 is 14.8 Å². The SMILES string of the molecule is CCCCCCCC/C=C\CCCCCCCC(=O)OCCCOP(=O)(OC)O[C@H](C)[C@H](NC(=O)OC(C)(C)C)C(=O)OOC(C)(C)C. The molecule has 0 spiro atoms. The van der Waals surface area contributed by atoms with Crippen LogP contribution in [-0.2, 0) is 47.0 Å². The molecule has 0 aromatic rings. The summed E-state index contributed by atoms with van der Waals surface area (Å²) in [6, 6.07) is -1.48. The van der Waals surface area contributed by atoms with Gasteiger partial charge in [0, 0.05) is 20.0 Å². The number of esters is 1. The first-order valence-electron chi connectivity index (χ1n) is 17.7. The molecule has 3 atom stereocenters. The van der Waals surface area contributed by atoms with E-state index in [0.29, 0.717) is 6.42 Å². The van der Waals surface area contributed by atoms with Gasteiger partial charge in [-0.25, -0.2) is 14.2 Å². The molecular weight excluding hydrogens is 641 g/mol. The van der Waals surface area contributed by atoms with E-state index in [1.54, 1.807) is 41.5 Å². The molecule has 1 unspecified atom stereocenters. The summed E-state index contributed by atoms with van der Waals surface area (Å²) in [6.07, 6.45) is 18.5. The van der Waals surface area contributed by atoms with Gasteiger partial charge in [0.05, 0.1) is 19.3 Å². The highest BCUT2D eigenvalue weighted by molar-refractivity contribution is 7.48. The first-order chi connectivity index (χ1) is 22.5. The minimum Gasteiger partial charge on any atom is -0.466 e. The van der Waals surface area contributed by atoms with E-state index in [2.05, 4.69) is 24.4 Å². The summed E-state index contributed by atoms with van der Waals surface area (Å²) in [4.78, 5) is 47.2. The molecule has 0 bridgehead atoms. The molecule has 0 rings (SSSR count). The Balaban J connectivity index is 4.39. The van der Waals surface area contributed by atoms with Gasteiger partial charge in [0.25, 0.3) is 0 Å². The van der Waals surface area contributed by atoms with Crippen LogP contribution in [0.15, 0.2) is 12.2 Å². The van der Waals surface area contributed by atoms with E-state index >= 15 is 0 Å². The van der Waals surface area contributed by atoms with Crippen LogP contribution in [0, 0.1) is 0 Å². The number of amides is 1. The van der Waals surface area contributed by atoms with E-state index in [9.17, 15) is 18.9 Å². The van der Waals surface area contributed by atoms with Crippen molar-refractivity contribution in [3.63, 3.8) is 0 Å². The lowest BCUT2D eigenvalue weighted by Crippen LogP contribution is -2.51. The first-order valence-corrected chi connectivity index (χ1v) is 19.2. The van der Waals surface area contributed by atoms with Crippen molar-refractivity contribution in [1.82, 2.24) is 5.32 Å². The number of hydrogen-bond acceptors (Lipinski definition) is 11. The lowest BCUT2D eigenvalue weighted by atomic mass is 10.1. The summed E-state index contributed by atoms with van der Waals surface area (Å²) in [7, 11) is -3.06. The minimum absolute atomic E-state index is 0.0719. The van der Waals surface area contributed by atoms with Crippen molar-refractivity contribution in [3.8, 4) is 0 Å². The Morgan fingerprint density at radius 3 is 1.88 bits per heavy atom. The Hall–Kier alpha value is -1.98. The lowest BCUT2D eigenvalue weighted by molar-refractivity contribution is -0.322. The van der Waals surface area contributed by atoms with Gasteiger partial charge in [-0.2, -0.15) is 4.89 Å². The average Bonchev–Trinajstić information content (AvgIpc) is 2.99. The standard InChI is InChI=1S/C35H66NO11P/c1-10-11-12-13-14-15-16-17-18-19-20-21-22-23-24-26-30(37)42-27-25-28-43-48(40,41-9)46-29(2)31(32(38)45-47-35(6,7)8)36-33(39)44-34(3,4)5/h17-18,29,31H,10-16,19-28H2,1-9H3,(H,36,39)/b18-17-/t29-,31+,48?/m1/s1. The lowest BCUT2D eigenvalue weighted by Gasteiger charge is -2.28. The van der Waals surface area contributed by atoms with Crippen LogP contribution in [-0.4, -0.2) is 61.7 Å². The van der Waals surface area contributed by atoms with E-state index < -0.39 is 43.2 Å². The van der Waals surface area contributed by atoms with Crippen molar-refractivity contribution in [2.75, 3.05) is 20.3 Å². The van der Waals surface area contributed by atoms with Crippen LogP contribution in [0.2, 0.25) is 0 Å². The number of hydrogen-bond donors (Lipinski definition) is 1. The zero-order chi connectivity index (χ0) is 36.5. The number of unbranched alkanes of at least 4 members (excludes halogenated alkanes) is 11. The number of carbonyl (C=O) groups is 3. The van der Waals surface area contributed by atoms with Crippen LogP contribution in [0.5, 0.6) is 0 Å². The Labute approximate surface area is 290 Å². The van der Waals surface area contributed by atoms with E-state index in [-0.39, 0.29) is 25.6 Å². The maximum Gasteiger partial charge on any atom is 0.474 e. The summed E-state index contributed by atoms with van der Waals surface area (Å²) in [5.41, 5.74) is -1.67. The van der Waals surface area contributed by atoms with Gasteiger partial charge >= 0.3 is 25.9 Å². The molecule has 0 aromatic carbocycles. The molecule has 0 aromatic heterocycles. The highest BCUT2D eigenvalue weighted by Gasteiger charge is 2.38. The smallest absolute Gasteiger partial charge is 0.466 e. The van der Waals surface area contributed by atoms with Crippen molar-refractivity contribution in [2.45, 2.75) is 175 Å². The van der Waals surface area contributed by atoms with Crippen LogP contribution in [0.3, 0.4) is 0 Å². The first kappa shape index (κ1) is 46.0. The van der Waals surface area contributed by atoms with Crippen molar-refractivity contribution >= 4 is 25.9 Å². The normalized spacial score (nSPS) is 14.7. The molecule has 1 amide bonds. The molecule has 12 nitrogen and oxygen atoms in total. The second-order valence-corrected chi connectivity index (χ2v) is 15.6. The molecule has 13 heteroatoms. The third-order valence-corrected chi connectivity index (χ3v) is 8.27.